The molecule has 1 aliphatic rings. The summed E-state index contributed by atoms with van der Waals surface area (Å²) in [5.74, 6) is 0.835. The third-order valence-electron chi connectivity index (χ3n) is 3.53. The molecule has 1 aliphatic carbocycles. The van der Waals surface area contributed by atoms with Gasteiger partial charge in [-0.15, -0.1) is 23.1 Å². The highest BCUT2D eigenvalue weighted by Gasteiger charge is 2.26. The summed E-state index contributed by atoms with van der Waals surface area (Å²) in [5, 5.41) is 8.27. The molecule has 1 aromatic heterocycles. The van der Waals surface area contributed by atoms with Crippen molar-refractivity contribution in [1.82, 2.24) is 4.98 Å². The maximum Gasteiger partial charge on any atom is 0.236 e. The lowest BCUT2D eigenvalue weighted by molar-refractivity contribution is -0.114. The van der Waals surface area contributed by atoms with Gasteiger partial charge >= 0.3 is 0 Å². The Morgan fingerprint density at radius 3 is 2.71 bits per heavy atom. The first-order valence-corrected chi connectivity index (χ1v) is 9.83. The number of carbonyl (C=O) groups is 2. The number of amides is 2. The van der Waals surface area contributed by atoms with Crippen LogP contribution in [0.3, 0.4) is 0 Å². The molecule has 0 bridgehead atoms. The largest absolute Gasteiger partial charge is 0.325 e. The highest BCUT2D eigenvalue weighted by atomic mass is 32.2. The number of aromatic nitrogens is 1. The zero-order valence-corrected chi connectivity index (χ0v) is 15.0. The Morgan fingerprint density at radius 1 is 1.25 bits per heavy atom. The van der Waals surface area contributed by atoms with Gasteiger partial charge in [-0.1, -0.05) is 12.1 Å². The van der Waals surface area contributed by atoms with E-state index in [2.05, 4.69) is 15.6 Å². The Bertz CT molecular complexity index is 741. The van der Waals surface area contributed by atoms with Crippen molar-refractivity contribution in [2.24, 2.45) is 0 Å². The minimum Gasteiger partial charge on any atom is -0.325 e. The highest BCUT2D eigenvalue weighted by Crippen LogP contribution is 2.40. The van der Waals surface area contributed by atoms with Crippen molar-refractivity contribution < 1.29 is 9.59 Å². The van der Waals surface area contributed by atoms with Gasteiger partial charge in [-0.05, 0) is 37.5 Å². The molecule has 1 aromatic carbocycles. The fraction of sp³-hybridized carbons (Fsp3) is 0.353. The quantitative estimate of drug-likeness (QED) is 0.790. The van der Waals surface area contributed by atoms with Crippen LogP contribution in [0.5, 0.6) is 0 Å². The van der Waals surface area contributed by atoms with Gasteiger partial charge in [-0.2, -0.15) is 0 Å². The average molecular weight is 361 g/mol. The van der Waals surface area contributed by atoms with Crippen LogP contribution in [-0.4, -0.2) is 28.3 Å². The number of hydrogen-bond donors (Lipinski definition) is 2. The van der Waals surface area contributed by atoms with E-state index in [4.69, 9.17) is 0 Å². The van der Waals surface area contributed by atoms with E-state index in [-0.39, 0.29) is 23.3 Å². The topological polar surface area (TPSA) is 71.1 Å². The average Bonchev–Trinajstić information content (AvgIpc) is 3.28. The Labute approximate surface area is 149 Å². The molecule has 3 rings (SSSR count). The molecule has 5 nitrogen and oxygen atoms in total. The summed E-state index contributed by atoms with van der Waals surface area (Å²) in [6.45, 7) is 1.97. The molecule has 2 N–H and O–H groups in total. The van der Waals surface area contributed by atoms with Crippen molar-refractivity contribution in [3.63, 3.8) is 0 Å². The number of thiazole rings is 1. The van der Waals surface area contributed by atoms with E-state index in [1.807, 2.05) is 36.6 Å². The molecule has 0 aliphatic heterocycles. The maximum atomic E-state index is 11.9. The van der Waals surface area contributed by atoms with Gasteiger partial charge in [0.1, 0.15) is 0 Å². The van der Waals surface area contributed by atoms with E-state index in [0.29, 0.717) is 11.0 Å². The molecule has 1 heterocycles. The van der Waals surface area contributed by atoms with E-state index in [1.54, 1.807) is 0 Å². The van der Waals surface area contributed by atoms with E-state index < -0.39 is 0 Å². The van der Waals surface area contributed by atoms with Crippen LogP contribution in [0.4, 0.5) is 10.8 Å². The molecule has 2 amide bonds. The van der Waals surface area contributed by atoms with Gasteiger partial charge in [-0.25, -0.2) is 4.98 Å². The van der Waals surface area contributed by atoms with Gasteiger partial charge in [0, 0.05) is 17.0 Å². The SMILES string of the molecule is Cc1cccc(NC(=O)CSCC(=O)Nc2nc(C3CC3)cs2)c1. The van der Waals surface area contributed by atoms with Crippen molar-refractivity contribution in [3.8, 4) is 0 Å². The number of nitrogens with one attached hydrogen (secondary N) is 2. The van der Waals surface area contributed by atoms with Gasteiger partial charge in [0.2, 0.25) is 11.8 Å². The molecule has 0 radical (unpaired) electrons. The lowest BCUT2D eigenvalue weighted by atomic mass is 10.2. The summed E-state index contributed by atoms with van der Waals surface area (Å²) in [4.78, 5) is 28.2. The van der Waals surface area contributed by atoms with Crippen LogP contribution in [0.15, 0.2) is 29.6 Å². The number of carbonyl (C=O) groups excluding carboxylic acids is 2. The Morgan fingerprint density at radius 2 is 2.00 bits per heavy atom. The monoisotopic (exact) mass is 361 g/mol. The van der Waals surface area contributed by atoms with E-state index >= 15 is 0 Å². The van der Waals surface area contributed by atoms with Gasteiger partial charge in [0.15, 0.2) is 5.13 Å². The normalized spacial score (nSPS) is 13.5. The minimum absolute atomic E-state index is 0.108. The molecule has 0 unspecified atom stereocenters. The number of nitrogens with zero attached hydrogens (tertiary/aromatic N) is 1. The lowest BCUT2D eigenvalue weighted by Gasteiger charge is -2.06. The zero-order chi connectivity index (χ0) is 16.9. The summed E-state index contributed by atoms with van der Waals surface area (Å²) in [6, 6.07) is 7.63. The van der Waals surface area contributed by atoms with E-state index in [9.17, 15) is 9.59 Å². The molecular weight excluding hydrogens is 342 g/mol. The first-order chi connectivity index (χ1) is 11.6. The number of benzene rings is 1. The van der Waals surface area contributed by atoms with Crippen LogP contribution in [0.2, 0.25) is 0 Å². The molecule has 2 aromatic rings. The molecule has 1 fully saturated rings. The number of aryl methyl sites for hydroxylation is 1. The number of anilines is 2. The standard InChI is InChI=1S/C17H19N3O2S2/c1-11-3-2-4-13(7-11)18-15(21)9-23-10-16(22)20-17-19-14(8-24-17)12-5-6-12/h2-4,7-8,12H,5-6,9-10H2,1H3,(H,18,21)(H,19,20,22). The third-order valence-corrected chi connectivity index (χ3v) is 5.24. The molecule has 0 spiro atoms. The molecular formula is C17H19N3O2S2. The molecule has 126 valence electrons. The molecule has 7 heteroatoms. The molecule has 0 saturated heterocycles. The number of hydrogen-bond acceptors (Lipinski definition) is 5. The van der Waals surface area contributed by atoms with Crippen LogP contribution in [0.1, 0.15) is 30.0 Å². The van der Waals surface area contributed by atoms with Gasteiger partial charge in [0.25, 0.3) is 0 Å². The first kappa shape index (κ1) is 17.0. The summed E-state index contributed by atoms with van der Waals surface area (Å²) >= 11 is 2.75. The van der Waals surface area contributed by atoms with Crippen molar-refractivity contribution in [2.45, 2.75) is 25.7 Å². The summed E-state index contributed by atoms with van der Waals surface area (Å²) in [6.07, 6.45) is 2.39. The second-order valence-electron chi connectivity index (χ2n) is 5.81. The van der Waals surface area contributed by atoms with Crippen molar-refractivity contribution >= 4 is 45.7 Å². The first-order valence-electron chi connectivity index (χ1n) is 7.79. The summed E-state index contributed by atoms with van der Waals surface area (Å²) in [5.41, 5.74) is 2.95. The van der Waals surface area contributed by atoms with E-state index in [0.717, 1.165) is 16.9 Å². The molecule has 1 saturated carbocycles. The van der Waals surface area contributed by atoms with E-state index in [1.165, 1.54) is 35.9 Å². The van der Waals surface area contributed by atoms with Gasteiger partial charge in [0.05, 0.1) is 17.2 Å². The minimum atomic E-state index is -0.125. The second kappa shape index (κ2) is 7.81. The number of rotatable bonds is 7. The maximum absolute atomic E-state index is 11.9. The van der Waals surface area contributed by atoms with Crippen LogP contribution in [0.25, 0.3) is 0 Å². The zero-order valence-electron chi connectivity index (χ0n) is 13.4. The fourth-order valence-electron chi connectivity index (χ4n) is 2.22. The predicted molar refractivity (Wildman–Crippen MR) is 99.9 cm³/mol. The second-order valence-corrected chi connectivity index (χ2v) is 7.65. The van der Waals surface area contributed by atoms with Gasteiger partial charge < -0.3 is 10.6 Å². The van der Waals surface area contributed by atoms with Crippen molar-refractivity contribution in [2.75, 3.05) is 22.1 Å². The third kappa shape index (κ3) is 5.07. The van der Waals surface area contributed by atoms with Crippen LogP contribution in [-0.2, 0) is 9.59 Å². The fourth-order valence-corrected chi connectivity index (χ4v) is 3.65. The van der Waals surface area contributed by atoms with Crippen LogP contribution < -0.4 is 10.6 Å². The Kier molecular flexibility index (Phi) is 5.52. The van der Waals surface area contributed by atoms with Crippen LogP contribution >= 0.6 is 23.1 Å². The summed E-state index contributed by atoms with van der Waals surface area (Å²) in [7, 11) is 0. The smallest absolute Gasteiger partial charge is 0.236 e. The summed E-state index contributed by atoms with van der Waals surface area (Å²) < 4.78 is 0. The Hall–Kier alpha value is -1.86. The molecule has 24 heavy (non-hydrogen) atoms. The predicted octanol–water partition coefficient (Wildman–Crippen LogP) is 3.64. The van der Waals surface area contributed by atoms with Crippen molar-refractivity contribution in [3.05, 3.63) is 40.9 Å². The molecule has 0 atom stereocenters. The Balaban J connectivity index is 1.37. The number of thioether (sulfide) groups is 1. The van der Waals surface area contributed by atoms with Crippen molar-refractivity contribution in [1.29, 1.82) is 0 Å². The lowest BCUT2D eigenvalue weighted by Crippen LogP contribution is -2.18. The highest BCUT2D eigenvalue weighted by molar-refractivity contribution is 8.00. The van der Waals surface area contributed by atoms with Gasteiger partial charge in [-0.3, -0.25) is 9.59 Å². The van der Waals surface area contributed by atoms with Crippen LogP contribution in [0, 0.1) is 6.92 Å².